The summed E-state index contributed by atoms with van der Waals surface area (Å²) in [5.74, 6) is 4.63. The average molecular weight is 409 g/mol. The molecule has 4 saturated carbocycles. The molecule has 1 heteroatoms. The van der Waals surface area contributed by atoms with Crippen LogP contribution in [0.25, 0.3) is 0 Å². The van der Waals surface area contributed by atoms with E-state index < -0.39 is 0 Å². The van der Waals surface area contributed by atoms with E-state index in [1.165, 1.54) is 64.2 Å². The van der Waals surface area contributed by atoms with Crippen molar-refractivity contribution < 1.29 is 4.79 Å². The molecule has 0 bridgehead atoms. The molecule has 1 nitrogen and oxygen atoms in total. The smallest absolute Gasteiger partial charge is 0.161 e. The van der Waals surface area contributed by atoms with Crippen molar-refractivity contribution in [1.29, 1.82) is 0 Å². The van der Waals surface area contributed by atoms with Crippen molar-refractivity contribution in [2.45, 2.75) is 98.8 Å². The molecule has 5 aliphatic rings. The molecule has 4 fully saturated rings. The van der Waals surface area contributed by atoms with Gasteiger partial charge in [0.15, 0.2) is 5.78 Å². The zero-order valence-electron chi connectivity index (χ0n) is 20.2. The van der Waals surface area contributed by atoms with Crippen LogP contribution in [0.5, 0.6) is 0 Å². The largest absolute Gasteiger partial charge is 0.294 e. The second-order valence-corrected chi connectivity index (χ2v) is 12.5. The van der Waals surface area contributed by atoms with E-state index in [1.807, 2.05) is 0 Å². The maximum atomic E-state index is 12.8. The first-order valence-corrected chi connectivity index (χ1v) is 13.1. The SMILES string of the molecule is C=C(CC)C12CCCC1C1CCC3C4(C)C=C(C)C(=O)C(C)C4CCC3(C)C1CC2. The topological polar surface area (TPSA) is 17.1 Å². The molecule has 0 N–H and O–H groups in total. The molecule has 0 aromatic carbocycles. The lowest BCUT2D eigenvalue weighted by Crippen LogP contribution is -2.60. The Morgan fingerprint density at radius 1 is 1.03 bits per heavy atom. The molecule has 0 radical (unpaired) electrons. The van der Waals surface area contributed by atoms with Crippen LogP contribution in [-0.2, 0) is 4.79 Å². The molecule has 0 aromatic heterocycles. The van der Waals surface area contributed by atoms with Gasteiger partial charge < -0.3 is 0 Å². The third-order valence-corrected chi connectivity index (χ3v) is 11.8. The van der Waals surface area contributed by atoms with Crippen molar-refractivity contribution in [2.24, 2.45) is 51.8 Å². The van der Waals surface area contributed by atoms with Crippen molar-refractivity contribution >= 4 is 5.78 Å². The van der Waals surface area contributed by atoms with E-state index in [0.29, 0.717) is 22.5 Å². The van der Waals surface area contributed by atoms with Crippen LogP contribution in [0.1, 0.15) is 98.8 Å². The highest BCUT2D eigenvalue weighted by Crippen LogP contribution is 2.72. The summed E-state index contributed by atoms with van der Waals surface area (Å²) in [5, 5.41) is 0. The lowest BCUT2D eigenvalue weighted by Gasteiger charge is -2.66. The molecule has 9 unspecified atom stereocenters. The quantitative estimate of drug-likeness (QED) is 0.427. The van der Waals surface area contributed by atoms with Gasteiger partial charge in [0, 0.05) is 5.92 Å². The maximum Gasteiger partial charge on any atom is 0.161 e. The molecular weight excluding hydrogens is 364 g/mol. The molecule has 5 aliphatic carbocycles. The summed E-state index contributed by atoms with van der Waals surface area (Å²) < 4.78 is 0. The van der Waals surface area contributed by atoms with Crippen LogP contribution in [0.3, 0.4) is 0 Å². The van der Waals surface area contributed by atoms with Gasteiger partial charge in [0.1, 0.15) is 0 Å². The zero-order valence-corrected chi connectivity index (χ0v) is 20.2. The minimum atomic E-state index is 0.212. The first-order valence-electron chi connectivity index (χ1n) is 13.1. The minimum Gasteiger partial charge on any atom is -0.294 e. The van der Waals surface area contributed by atoms with Gasteiger partial charge in [-0.25, -0.2) is 0 Å². The summed E-state index contributed by atoms with van der Waals surface area (Å²) in [6.07, 6.45) is 16.1. The molecule has 0 amide bonds. The molecule has 5 rings (SSSR count). The summed E-state index contributed by atoms with van der Waals surface area (Å²) in [5.41, 5.74) is 3.76. The normalized spacial score (nSPS) is 52.6. The van der Waals surface area contributed by atoms with E-state index in [0.717, 1.165) is 29.2 Å². The monoisotopic (exact) mass is 408 g/mol. The second-order valence-electron chi connectivity index (χ2n) is 12.5. The molecular formula is C29H44O. The van der Waals surface area contributed by atoms with Gasteiger partial charge in [-0.2, -0.15) is 0 Å². The van der Waals surface area contributed by atoms with Crippen LogP contribution in [0.4, 0.5) is 0 Å². The fourth-order valence-electron chi connectivity index (χ4n) is 10.6. The number of ketones is 1. The van der Waals surface area contributed by atoms with Crippen LogP contribution in [0, 0.1) is 51.8 Å². The highest BCUT2D eigenvalue weighted by atomic mass is 16.1. The molecule has 166 valence electrons. The average Bonchev–Trinajstić information content (AvgIpc) is 3.17. The fraction of sp³-hybridized carbons (Fsp3) is 0.828. The lowest BCUT2D eigenvalue weighted by molar-refractivity contribution is -0.161. The Kier molecular flexibility index (Phi) is 4.78. The fourth-order valence-corrected chi connectivity index (χ4v) is 10.6. The molecule has 9 atom stereocenters. The predicted molar refractivity (Wildman–Crippen MR) is 125 cm³/mol. The molecule has 0 spiro atoms. The van der Waals surface area contributed by atoms with Crippen molar-refractivity contribution in [3.8, 4) is 0 Å². The van der Waals surface area contributed by atoms with Crippen molar-refractivity contribution in [1.82, 2.24) is 0 Å². The Bertz CT molecular complexity index is 790. The Labute approximate surface area is 185 Å². The van der Waals surface area contributed by atoms with Gasteiger partial charge in [0.25, 0.3) is 0 Å². The summed E-state index contributed by atoms with van der Waals surface area (Å²) in [6.45, 7) is 16.5. The van der Waals surface area contributed by atoms with Crippen molar-refractivity contribution in [2.75, 3.05) is 0 Å². The van der Waals surface area contributed by atoms with Gasteiger partial charge in [-0.05, 0) is 116 Å². The van der Waals surface area contributed by atoms with E-state index in [-0.39, 0.29) is 11.3 Å². The van der Waals surface area contributed by atoms with Crippen LogP contribution in [0.2, 0.25) is 0 Å². The Balaban J connectivity index is 1.51. The molecule has 0 aromatic rings. The van der Waals surface area contributed by atoms with Gasteiger partial charge in [0.05, 0.1) is 0 Å². The van der Waals surface area contributed by atoms with Crippen LogP contribution >= 0.6 is 0 Å². The van der Waals surface area contributed by atoms with Crippen molar-refractivity contribution in [3.63, 3.8) is 0 Å². The zero-order chi connectivity index (χ0) is 21.5. The standard InChI is InChI=1S/C29H44O/c1-7-19(3)29-14-8-9-24(29)21-10-11-25-27(5,23(21)13-16-29)15-12-22-20(4)26(30)18(2)17-28(22,25)6/h17,20-25H,3,7-16H2,1-2,4-6H3. The highest BCUT2D eigenvalue weighted by molar-refractivity contribution is 5.97. The number of carbonyl (C=O) groups excluding carboxylic acids is 1. The summed E-state index contributed by atoms with van der Waals surface area (Å²) in [6, 6.07) is 0. The summed E-state index contributed by atoms with van der Waals surface area (Å²) >= 11 is 0. The highest BCUT2D eigenvalue weighted by Gasteiger charge is 2.64. The number of hydrogen-bond donors (Lipinski definition) is 0. The van der Waals surface area contributed by atoms with Gasteiger partial charge in [-0.15, -0.1) is 0 Å². The second kappa shape index (κ2) is 6.82. The van der Waals surface area contributed by atoms with E-state index in [4.69, 9.17) is 0 Å². The van der Waals surface area contributed by atoms with E-state index in [2.05, 4.69) is 47.3 Å². The third-order valence-electron chi connectivity index (χ3n) is 11.8. The van der Waals surface area contributed by atoms with Crippen LogP contribution in [0.15, 0.2) is 23.8 Å². The van der Waals surface area contributed by atoms with Crippen molar-refractivity contribution in [3.05, 3.63) is 23.8 Å². The van der Waals surface area contributed by atoms with Crippen LogP contribution < -0.4 is 0 Å². The summed E-state index contributed by atoms with van der Waals surface area (Å²) in [4.78, 5) is 12.8. The minimum absolute atomic E-state index is 0.212. The van der Waals surface area contributed by atoms with Gasteiger partial charge in [-0.1, -0.05) is 52.3 Å². The maximum absolute atomic E-state index is 12.8. The number of allylic oxidation sites excluding steroid dienone is 3. The number of hydrogen-bond acceptors (Lipinski definition) is 1. The van der Waals surface area contributed by atoms with E-state index in [9.17, 15) is 4.79 Å². The molecule has 0 heterocycles. The Morgan fingerprint density at radius 2 is 1.77 bits per heavy atom. The van der Waals surface area contributed by atoms with E-state index >= 15 is 0 Å². The van der Waals surface area contributed by atoms with E-state index in [1.54, 1.807) is 5.57 Å². The molecule has 0 saturated heterocycles. The first-order chi connectivity index (χ1) is 14.2. The van der Waals surface area contributed by atoms with Gasteiger partial charge in [0.2, 0.25) is 0 Å². The number of carbonyl (C=O) groups is 1. The Morgan fingerprint density at radius 3 is 2.50 bits per heavy atom. The predicted octanol–water partition coefficient (Wildman–Crippen LogP) is 7.76. The number of fused-ring (bicyclic) bond motifs is 7. The molecule has 30 heavy (non-hydrogen) atoms. The summed E-state index contributed by atoms with van der Waals surface area (Å²) in [7, 11) is 0. The number of Topliss-reactive ketones (excluding diaryl/α,β-unsaturated/α-hetero) is 1. The number of rotatable bonds is 2. The first kappa shape index (κ1) is 21.0. The molecule has 0 aliphatic heterocycles. The third kappa shape index (κ3) is 2.50. The van der Waals surface area contributed by atoms with Gasteiger partial charge >= 0.3 is 0 Å². The lowest BCUT2D eigenvalue weighted by atomic mass is 9.38. The van der Waals surface area contributed by atoms with Crippen LogP contribution in [-0.4, -0.2) is 5.78 Å². The van der Waals surface area contributed by atoms with Gasteiger partial charge in [-0.3, -0.25) is 4.79 Å². The Hall–Kier alpha value is -0.850.